The van der Waals surface area contributed by atoms with Crippen molar-refractivity contribution in [3.8, 4) is 6.07 Å². The summed E-state index contributed by atoms with van der Waals surface area (Å²) in [6.07, 6.45) is 8.59. The smallest absolute Gasteiger partial charge is 0.238 e. The van der Waals surface area contributed by atoms with E-state index in [1.807, 2.05) is 11.8 Å². The van der Waals surface area contributed by atoms with Crippen molar-refractivity contribution in [1.29, 1.82) is 5.26 Å². The first-order valence-corrected chi connectivity index (χ1v) is 10.3. The van der Waals surface area contributed by atoms with Crippen molar-refractivity contribution in [2.75, 3.05) is 26.2 Å². The molecule has 144 valence electrons. The summed E-state index contributed by atoms with van der Waals surface area (Å²) in [7, 11) is 0. The van der Waals surface area contributed by atoms with Gasteiger partial charge in [-0.3, -0.25) is 14.5 Å². The van der Waals surface area contributed by atoms with E-state index in [-0.39, 0.29) is 17.9 Å². The van der Waals surface area contributed by atoms with Crippen LogP contribution in [0.5, 0.6) is 0 Å². The number of nitriles is 1. The lowest BCUT2D eigenvalue weighted by Crippen LogP contribution is -2.56. The van der Waals surface area contributed by atoms with Crippen molar-refractivity contribution in [2.45, 2.75) is 76.3 Å². The molecule has 0 aromatic rings. The van der Waals surface area contributed by atoms with Crippen LogP contribution in [-0.2, 0) is 9.59 Å². The van der Waals surface area contributed by atoms with Crippen LogP contribution in [0.3, 0.4) is 0 Å². The Bertz CT molecular complexity index is 551. The van der Waals surface area contributed by atoms with Crippen molar-refractivity contribution < 1.29 is 9.59 Å². The second-order valence-electron chi connectivity index (χ2n) is 8.26. The van der Waals surface area contributed by atoms with Crippen LogP contribution in [0.2, 0.25) is 0 Å². The maximum absolute atomic E-state index is 12.7. The van der Waals surface area contributed by atoms with Gasteiger partial charge in [-0.1, -0.05) is 19.3 Å². The first kappa shape index (κ1) is 19.2. The van der Waals surface area contributed by atoms with Gasteiger partial charge in [0.15, 0.2) is 0 Å². The Kier molecular flexibility index (Phi) is 6.18. The molecule has 2 saturated heterocycles. The highest BCUT2D eigenvalue weighted by Crippen LogP contribution is 2.28. The molecule has 26 heavy (non-hydrogen) atoms. The number of nitrogens with zero attached hydrogens (tertiary/aromatic N) is 3. The van der Waals surface area contributed by atoms with Gasteiger partial charge < -0.3 is 10.2 Å². The fourth-order valence-corrected chi connectivity index (χ4v) is 4.66. The van der Waals surface area contributed by atoms with Gasteiger partial charge in [0.2, 0.25) is 11.8 Å². The molecule has 0 spiro atoms. The predicted molar refractivity (Wildman–Crippen MR) is 99.1 cm³/mol. The zero-order chi connectivity index (χ0) is 18.6. The highest BCUT2D eigenvalue weighted by atomic mass is 16.2. The van der Waals surface area contributed by atoms with Gasteiger partial charge in [-0.2, -0.15) is 5.26 Å². The van der Waals surface area contributed by atoms with Gasteiger partial charge in [0, 0.05) is 19.0 Å². The molecular weight excluding hydrogens is 328 g/mol. The minimum absolute atomic E-state index is 0.0437. The maximum Gasteiger partial charge on any atom is 0.238 e. The Labute approximate surface area is 156 Å². The number of hydrogen-bond acceptors (Lipinski definition) is 4. The van der Waals surface area contributed by atoms with Gasteiger partial charge in [-0.05, 0) is 58.5 Å². The molecule has 0 radical (unpaired) electrons. The molecule has 3 rings (SSSR count). The average molecular weight is 361 g/mol. The van der Waals surface area contributed by atoms with Crippen molar-refractivity contribution in [2.24, 2.45) is 5.92 Å². The van der Waals surface area contributed by atoms with Crippen LogP contribution in [0, 0.1) is 17.2 Å². The number of carbonyl (C=O) groups excluding carboxylic acids is 2. The molecule has 0 aromatic heterocycles. The van der Waals surface area contributed by atoms with Crippen molar-refractivity contribution in [1.82, 2.24) is 15.1 Å². The lowest BCUT2D eigenvalue weighted by atomic mass is 9.82. The van der Waals surface area contributed by atoms with Crippen LogP contribution in [0.25, 0.3) is 0 Å². The van der Waals surface area contributed by atoms with E-state index in [1.54, 1.807) is 0 Å². The molecule has 3 aliphatic rings. The van der Waals surface area contributed by atoms with Gasteiger partial charge in [0.05, 0.1) is 12.1 Å². The largest absolute Gasteiger partial charge is 0.342 e. The molecule has 2 heterocycles. The number of rotatable bonds is 4. The second kappa shape index (κ2) is 8.39. The quantitative estimate of drug-likeness (QED) is 0.832. The molecule has 0 bridgehead atoms. The van der Waals surface area contributed by atoms with Gasteiger partial charge in [-0.15, -0.1) is 0 Å². The van der Waals surface area contributed by atoms with E-state index in [0.29, 0.717) is 5.91 Å². The van der Waals surface area contributed by atoms with Crippen LogP contribution >= 0.6 is 0 Å². The highest BCUT2D eigenvalue weighted by molar-refractivity contribution is 5.83. The fourth-order valence-electron chi connectivity index (χ4n) is 4.66. The number of carbonyl (C=O) groups is 2. The second-order valence-corrected chi connectivity index (χ2v) is 8.26. The molecule has 6 nitrogen and oxygen atoms in total. The van der Waals surface area contributed by atoms with E-state index >= 15 is 0 Å². The van der Waals surface area contributed by atoms with E-state index < -0.39 is 5.54 Å². The Morgan fingerprint density at radius 3 is 2.23 bits per heavy atom. The molecule has 3 fully saturated rings. The Hall–Kier alpha value is -1.61. The maximum atomic E-state index is 12.7. The topological polar surface area (TPSA) is 76.4 Å². The van der Waals surface area contributed by atoms with E-state index in [4.69, 9.17) is 0 Å². The van der Waals surface area contributed by atoms with Crippen LogP contribution in [0.4, 0.5) is 0 Å². The molecule has 1 aliphatic carbocycles. The number of piperidine rings is 1. The average Bonchev–Trinajstić information content (AvgIpc) is 3.22. The van der Waals surface area contributed by atoms with E-state index in [0.717, 1.165) is 84.0 Å². The Morgan fingerprint density at radius 1 is 1.04 bits per heavy atom. The predicted octanol–water partition coefficient (Wildman–Crippen LogP) is 2.05. The normalized spacial score (nSPS) is 25.5. The molecule has 1 N–H and O–H groups in total. The molecule has 1 unspecified atom stereocenters. The molecule has 1 saturated carbocycles. The monoisotopic (exact) mass is 360 g/mol. The summed E-state index contributed by atoms with van der Waals surface area (Å²) < 4.78 is 0. The Balaban J connectivity index is 1.49. The highest BCUT2D eigenvalue weighted by Gasteiger charge is 2.37. The summed E-state index contributed by atoms with van der Waals surface area (Å²) in [5, 5.41) is 12.6. The minimum Gasteiger partial charge on any atom is -0.342 e. The van der Waals surface area contributed by atoms with Crippen molar-refractivity contribution >= 4 is 11.8 Å². The van der Waals surface area contributed by atoms with Gasteiger partial charge >= 0.3 is 0 Å². The third-order valence-electron chi connectivity index (χ3n) is 6.51. The van der Waals surface area contributed by atoms with Crippen LogP contribution < -0.4 is 5.32 Å². The molecular formula is C20H32N4O2. The van der Waals surface area contributed by atoms with Gasteiger partial charge in [0.25, 0.3) is 0 Å². The van der Waals surface area contributed by atoms with Crippen LogP contribution in [-0.4, -0.2) is 59.4 Å². The lowest BCUT2D eigenvalue weighted by Gasteiger charge is -2.38. The summed E-state index contributed by atoms with van der Waals surface area (Å²) in [4.78, 5) is 29.4. The molecule has 2 amide bonds. The standard InChI is InChI=1S/C20H32N4O2/c1-16(18(25)22-20(15-21)9-3-2-4-10-20)23-13-7-17(8-14-23)19(26)24-11-5-6-12-24/h16-17H,2-14H2,1H3,(H,22,25). The van der Waals surface area contributed by atoms with Crippen molar-refractivity contribution in [3.05, 3.63) is 0 Å². The summed E-state index contributed by atoms with van der Waals surface area (Å²) in [5.41, 5.74) is -0.673. The molecule has 2 aliphatic heterocycles. The number of amides is 2. The zero-order valence-electron chi connectivity index (χ0n) is 16.0. The SMILES string of the molecule is CC(C(=O)NC1(C#N)CCCCC1)N1CCC(C(=O)N2CCCC2)CC1. The fraction of sp³-hybridized carbons (Fsp3) is 0.850. The van der Waals surface area contributed by atoms with Crippen molar-refractivity contribution in [3.63, 3.8) is 0 Å². The first-order chi connectivity index (χ1) is 12.5. The summed E-state index contributed by atoms with van der Waals surface area (Å²) in [6.45, 7) is 5.30. The summed E-state index contributed by atoms with van der Waals surface area (Å²) in [6, 6.07) is 2.11. The zero-order valence-corrected chi connectivity index (χ0v) is 16.0. The van der Waals surface area contributed by atoms with Crippen LogP contribution in [0.15, 0.2) is 0 Å². The van der Waals surface area contributed by atoms with Gasteiger partial charge in [0.1, 0.15) is 5.54 Å². The minimum atomic E-state index is -0.673. The molecule has 6 heteroatoms. The molecule has 0 aromatic carbocycles. The van der Waals surface area contributed by atoms with E-state index in [9.17, 15) is 14.9 Å². The molecule has 1 atom stereocenters. The lowest BCUT2D eigenvalue weighted by molar-refractivity contribution is -0.136. The van der Waals surface area contributed by atoms with E-state index in [2.05, 4.69) is 16.3 Å². The van der Waals surface area contributed by atoms with E-state index in [1.165, 1.54) is 0 Å². The van der Waals surface area contributed by atoms with Crippen LogP contribution in [0.1, 0.15) is 64.7 Å². The summed E-state index contributed by atoms with van der Waals surface area (Å²) in [5.74, 6) is 0.381. The third kappa shape index (κ3) is 4.20. The number of nitrogens with one attached hydrogen (secondary N) is 1. The van der Waals surface area contributed by atoms with Gasteiger partial charge in [-0.25, -0.2) is 0 Å². The Morgan fingerprint density at radius 2 is 1.65 bits per heavy atom. The summed E-state index contributed by atoms with van der Waals surface area (Å²) >= 11 is 0. The first-order valence-electron chi connectivity index (χ1n) is 10.3. The third-order valence-corrected chi connectivity index (χ3v) is 6.51. The number of hydrogen-bond donors (Lipinski definition) is 1. The number of likely N-dealkylation sites (tertiary alicyclic amines) is 2.